The standard InChI is InChI=1S/C51H45N4O.Pt/c1-50(2,3)38-25-26-52-49(30-38)55-45-24-21-37(36-17-11-8-12-18-36)27-44(45)43-23-22-41(32-48(43)55)56-42-29-39(51(4,5)6)28-40(31-42)54-34-53(33-35-15-9-7-10-16-35)46-19-13-14-20-47(46)54;/h7-30,34H,33H2,1-6H3;/q-3;. The zero-order chi connectivity index (χ0) is 38.6. The first kappa shape index (κ1) is 38.2. The van der Waals surface area contributed by atoms with Crippen molar-refractivity contribution in [3.05, 3.63) is 181 Å². The fraction of sp³-hybridized carbons (Fsp3) is 0.176. The largest absolute Gasteiger partial charge is 0.509 e. The third-order valence-corrected chi connectivity index (χ3v) is 10.7. The van der Waals surface area contributed by atoms with Crippen LogP contribution in [0.5, 0.6) is 11.5 Å². The number of pyridine rings is 1. The molecule has 0 N–H and O–H groups in total. The van der Waals surface area contributed by atoms with Crippen molar-refractivity contribution < 1.29 is 25.8 Å². The minimum atomic E-state index is -0.134. The zero-order valence-corrected chi connectivity index (χ0v) is 35.4. The molecule has 6 heteroatoms. The van der Waals surface area contributed by atoms with Crippen molar-refractivity contribution in [3.8, 4) is 28.4 Å². The van der Waals surface area contributed by atoms with E-state index < -0.39 is 0 Å². The van der Waals surface area contributed by atoms with Crippen LogP contribution in [0.3, 0.4) is 0 Å². The number of benzene rings is 6. The van der Waals surface area contributed by atoms with E-state index >= 15 is 0 Å². The van der Waals surface area contributed by atoms with Gasteiger partial charge in [0.1, 0.15) is 5.82 Å². The predicted octanol–water partition coefficient (Wildman–Crippen LogP) is 13.1. The topological polar surface area (TPSA) is 33.5 Å². The van der Waals surface area contributed by atoms with E-state index in [2.05, 4.69) is 208 Å². The van der Waals surface area contributed by atoms with Crippen LogP contribution in [0, 0.1) is 18.8 Å². The summed E-state index contributed by atoms with van der Waals surface area (Å²) in [5, 5.41) is 2.22. The Morgan fingerprint density at radius 1 is 0.614 bits per heavy atom. The van der Waals surface area contributed by atoms with Gasteiger partial charge in [0.05, 0.1) is 0 Å². The molecule has 6 aromatic carbocycles. The second kappa shape index (κ2) is 15.0. The van der Waals surface area contributed by atoms with Gasteiger partial charge in [-0.3, -0.25) is 0 Å². The van der Waals surface area contributed by atoms with Crippen molar-refractivity contribution in [3.63, 3.8) is 0 Å². The molecule has 0 spiro atoms. The molecule has 0 radical (unpaired) electrons. The molecule has 1 aliphatic heterocycles. The van der Waals surface area contributed by atoms with E-state index in [-0.39, 0.29) is 31.9 Å². The Kier molecular flexibility index (Phi) is 10.1. The first-order valence-electron chi connectivity index (χ1n) is 19.3. The maximum atomic E-state index is 6.79. The van der Waals surface area contributed by atoms with Crippen LogP contribution < -0.4 is 14.5 Å². The Morgan fingerprint density at radius 3 is 2.05 bits per heavy atom. The van der Waals surface area contributed by atoms with E-state index in [0.29, 0.717) is 11.5 Å². The molecular weight excluding hydrogens is 880 g/mol. The molecule has 0 saturated heterocycles. The van der Waals surface area contributed by atoms with E-state index in [1.807, 2.05) is 12.3 Å². The maximum Gasteiger partial charge on any atom is 0.135 e. The summed E-state index contributed by atoms with van der Waals surface area (Å²) < 4.78 is 9.01. The molecule has 0 bridgehead atoms. The summed E-state index contributed by atoms with van der Waals surface area (Å²) >= 11 is 0. The Balaban J connectivity index is 0.00000455. The van der Waals surface area contributed by atoms with E-state index in [1.165, 1.54) is 16.7 Å². The van der Waals surface area contributed by atoms with Crippen molar-refractivity contribution >= 4 is 38.9 Å². The number of para-hydroxylation sites is 2. The molecule has 57 heavy (non-hydrogen) atoms. The average Bonchev–Trinajstić information content (AvgIpc) is 3.73. The molecule has 1 aliphatic rings. The number of ether oxygens (including phenoxy) is 1. The van der Waals surface area contributed by atoms with Crippen LogP contribution in [0.2, 0.25) is 0 Å². The van der Waals surface area contributed by atoms with Gasteiger partial charge in [-0.15, -0.1) is 47.0 Å². The van der Waals surface area contributed by atoms with Gasteiger partial charge in [-0.05, 0) is 68.8 Å². The van der Waals surface area contributed by atoms with Crippen molar-refractivity contribution in [1.29, 1.82) is 0 Å². The minimum absolute atomic E-state index is 0. The fourth-order valence-electron chi connectivity index (χ4n) is 7.58. The van der Waals surface area contributed by atoms with Crippen molar-refractivity contribution in [1.82, 2.24) is 9.55 Å². The molecule has 0 amide bonds. The van der Waals surface area contributed by atoms with Gasteiger partial charge in [-0.1, -0.05) is 132 Å². The number of hydrogen-bond donors (Lipinski definition) is 0. The molecule has 0 saturated carbocycles. The summed E-state index contributed by atoms with van der Waals surface area (Å²) in [7, 11) is 0. The van der Waals surface area contributed by atoms with Crippen LogP contribution in [-0.4, -0.2) is 9.55 Å². The first-order valence-corrected chi connectivity index (χ1v) is 19.3. The average molecular weight is 925 g/mol. The quantitative estimate of drug-likeness (QED) is 0.149. The van der Waals surface area contributed by atoms with Crippen LogP contribution in [0.25, 0.3) is 38.8 Å². The van der Waals surface area contributed by atoms with Crippen molar-refractivity contribution in [2.24, 2.45) is 0 Å². The zero-order valence-electron chi connectivity index (χ0n) is 33.2. The number of fused-ring (bicyclic) bond motifs is 4. The summed E-state index contributed by atoms with van der Waals surface area (Å²) in [6, 6.07) is 56.5. The van der Waals surface area contributed by atoms with Crippen LogP contribution in [0.15, 0.2) is 146 Å². The molecule has 5 nitrogen and oxygen atoms in total. The summed E-state index contributed by atoms with van der Waals surface area (Å²) in [5.74, 6) is 2.10. The minimum Gasteiger partial charge on any atom is -0.509 e. The number of hydrogen-bond acceptors (Lipinski definition) is 4. The molecule has 2 aromatic heterocycles. The molecule has 0 fully saturated rings. The van der Waals surface area contributed by atoms with Crippen LogP contribution >= 0.6 is 0 Å². The Morgan fingerprint density at radius 2 is 1.32 bits per heavy atom. The molecule has 9 rings (SSSR count). The monoisotopic (exact) mass is 924 g/mol. The maximum absolute atomic E-state index is 6.79. The van der Waals surface area contributed by atoms with Gasteiger partial charge in [-0.25, -0.2) is 4.98 Å². The molecule has 0 unspecified atom stereocenters. The predicted molar refractivity (Wildman–Crippen MR) is 231 cm³/mol. The van der Waals surface area contributed by atoms with Gasteiger partial charge in [0.2, 0.25) is 0 Å². The molecule has 288 valence electrons. The summed E-state index contributed by atoms with van der Waals surface area (Å²) in [6.07, 6.45) is 1.91. The number of rotatable bonds is 7. The molecule has 0 aliphatic carbocycles. The van der Waals surface area contributed by atoms with Gasteiger partial charge in [0, 0.05) is 62.2 Å². The van der Waals surface area contributed by atoms with Crippen molar-refractivity contribution in [2.75, 3.05) is 9.80 Å². The summed E-state index contributed by atoms with van der Waals surface area (Å²) in [4.78, 5) is 9.44. The molecular formula is C51H45N4OPt-3. The number of aromatic nitrogens is 2. The van der Waals surface area contributed by atoms with E-state index in [0.717, 1.165) is 62.4 Å². The Labute approximate surface area is 350 Å². The Hall–Kier alpha value is -5.64. The smallest absolute Gasteiger partial charge is 0.135 e. The van der Waals surface area contributed by atoms with Crippen LogP contribution in [-0.2, 0) is 38.4 Å². The SMILES string of the molecule is CC(C)(C)c1cc(Oc2[c-]c3c(cc2)c2cc(-c4ccccc4)ccc2n3-c2cc(C(C)(C)C)ccn2)[c-]c(N2[CH-]N(Cc3ccccc3)c3ccccc32)c1.[Pt]. The number of nitrogens with zero attached hydrogens (tertiary/aromatic N) is 4. The Bertz CT molecular complexity index is 2710. The number of anilines is 3. The van der Waals surface area contributed by atoms with E-state index in [4.69, 9.17) is 9.72 Å². The third-order valence-electron chi connectivity index (χ3n) is 10.7. The van der Waals surface area contributed by atoms with E-state index in [9.17, 15) is 0 Å². The van der Waals surface area contributed by atoms with Crippen LogP contribution in [0.4, 0.5) is 17.1 Å². The van der Waals surface area contributed by atoms with Gasteiger partial charge in [-0.2, -0.15) is 12.7 Å². The summed E-state index contributed by atoms with van der Waals surface area (Å²) in [6.45, 7) is 16.3. The molecule has 0 atom stereocenters. The van der Waals surface area contributed by atoms with Gasteiger partial charge in [0.25, 0.3) is 0 Å². The van der Waals surface area contributed by atoms with E-state index in [1.54, 1.807) is 0 Å². The van der Waals surface area contributed by atoms with Gasteiger partial charge >= 0.3 is 0 Å². The second-order valence-electron chi connectivity index (χ2n) is 16.7. The normalized spacial score (nSPS) is 12.9. The van der Waals surface area contributed by atoms with Gasteiger partial charge in [0.15, 0.2) is 0 Å². The molecule has 3 heterocycles. The van der Waals surface area contributed by atoms with Gasteiger partial charge < -0.3 is 19.1 Å². The summed E-state index contributed by atoms with van der Waals surface area (Å²) in [5.41, 5.74) is 10.9. The fourth-order valence-corrected chi connectivity index (χ4v) is 7.58. The second-order valence-corrected chi connectivity index (χ2v) is 16.7. The molecule has 8 aromatic rings. The first-order chi connectivity index (χ1) is 27.0. The van der Waals surface area contributed by atoms with Crippen molar-refractivity contribution in [2.45, 2.75) is 58.9 Å². The third kappa shape index (κ3) is 7.49. The van der Waals surface area contributed by atoms with Crippen LogP contribution in [0.1, 0.15) is 58.2 Å².